The van der Waals surface area contributed by atoms with Gasteiger partial charge in [0.05, 0.1) is 12.8 Å². The zero-order valence-corrected chi connectivity index (χ0v) is 12.7. The van der Waals surface area contributed by atoms with E-state index in [-0.39, 0.29) is 11.6 Å². The summed E-state index contributed by atoms with van der Waals surface area (Å²) in [5, 5.41) is 2.85. The Morgan fingerprint density at radius 1 is 1.32 bits per heavy atom. The number of nitrogens with one attached hydrogen (secondary N) is 2. The summed E-state index contributed by atoms with van der Waals surface area (Å²) in [7, 11) is 1.61. The lowest BCUT2D eigenvalue weighted by atomic mass is 10.1. The van der Waals surface area contributed by atoms with E-state index in [4.69, 9.17) is 4.74 Å². The maximum Gasteiger partial charge on any atom is 0.345 e. The normalized spacial score (nSPS) is 10.3. The second-order valence-electron chi connectivity index (χ2n) is 4.96. The molecule has 0 radical (unpaired) electrons. The van der Waals surface area contributed by atoms with Crippen molar-refractivity contribution in [1.29, 1.82) is 0 Å². The van der Waals surface area contributed by atoms with Crippen molar-refractivity contribution in [3.8, 4) is 5.75 Å². The van der Waals surface area contributed by atoms with Crippen LogP contribution in [0.5, 0.6) is 5.75 Å². The lowest BCUT2D eigenvalue weighted by Gasteiger charge is -2.07. The number of hydrogen-bond donors (Lipinski definition) is 2. The number of aromatic nitrogens is 2. The van der Waals surface area contributed by atoms with Crippen molar-refractivity contribution < 1.29 is 9.53 Å². The Morgan fingerprint density at radius 3 is 2.73 bits per heavy atom. The molecular weight excluding hydrogens is 282 g/mol. The Bertz CT molecular complexity index is 693. The van der Waals surface area contributed by atoms with E-state index in [9.17, 15) is 9.59 Å². The molecule has 0 fully saturated rings. The van der Waals surface area contributed by atoms with Crippen LogP contribution in [0.15, 0.2) is 35.3 Å². The smallest absolute Gasteiger partial charge is 0.345 e. The van der Waals surface area contributed by atoms with E-state index in [0.717, 1.165) is 16.9 Å². The minimum atomic E-state index is -0.390. The predicted molar refractivity (Wildman–Crippen MR) is 82.8 cm³/mol. The van der Waals surface area contributed by atoms with Crippen LogP contribution in [-0.2, 0) is 17.8 Å². The maximum absolute atomic E-state index is 11.9. The first kappa shape index (κ1) is 15.8. The van der Waals surface area contributed by atoms with Gasteiger partial charge in [0.2, 0.25) is 5.91 Å². The number of methoxy groups -OCH3 is 1. The Morgan fingerprint density at radius 2 is 2.05 bits per heavy atom. The highest BCUT2D eigenvalue weighted by Crippen LogP contribution is 2.11. The molecule has 0 aliphatic carbocycles. The molecule has 0 bridgehead atoms. The summed E-state index contributed by atoms with van der Waals surface area (Å²) in [6.07, 6.45) is 2.36. The number of nitrogens with zero attached hydrogens (tertiary/aromatic N) is 1. The monoisotopic (exact) mass is 301 g/mol. The number of carbonyl (C=O) groups excluding carboxylic acids is 1. The molecule has 6 heteroatoms. The Kier molecular flexibility index (Phi) is 5.30. The van der Waals surface area contributed by atoms with E-state index in [0.29, 0.717) is 25.1 Å². The average Bonchev–Trinajstić information content (AvgIpc) is 2.54. The van der Waals surface area contributed by atoms with Crippen molar-refractivity contribution in [3.05, 3.63) is 57.8 Å². The van der Waals surface area contributed by atoms with Crippen molar-refractivity contribution >= 4 is 5.91 Å². The van der Waals surface area contributed by atoms with Gasteiger partial charge in [-0.05, 0) is 36.6 Å². The van der Waals surface area contributed by atoms with Gasteiger partial charge in [-0.15, -0.1) is 0 Å². The minimum absolute atomic E-state index is 0.0719. The van der Waals surface area contributed by atoms with E-state index in [1.807, 2.05) is 31.2 Å². The highest BCUT2D eigenvalue weighted by atomic mass is 16.5. The molecule has 2 aromatic rings. The summed E-state index contributed by atoms with van der Waals surface area (Å²) in [6.45, 7) is 2.32. The molecule has 1 heterocycles. The summed E-state index contributed by atoms with van der Waals surface area (Å²) < 4.78 is 5.08. The number of rotatable bonds is 6. The van der Waals surface area contributed by atoms with Crippen molar-refractivity contribution in [3.63, 3.8) is 0 Å². The number of ether oxygens (including phenoxy) is 1. The molecule has 0 unspecified atom stereocenters. The third-order valence-corrected chi connectivity index (χ3v) is 3.34. The summed E-state index contributed by atoms with van der Waals surface area (Å²) in [6, 6.07) is 7.51. The molecule has 0 atom stereocenters. The van der Waals surface area contributed by atoms with Crippen molar-refractivity contribution in [2.75, 3.05) is 7.11 Å². The molecule has 1 aromatic carbocycles. The maximum atomic E-state index is 11.9. The second-order valence-corrected chi connectivity index (χ2v) is 4.96. The Labute approximate surface area is 128 Å². The first-order valence-electron chi connectivity index (χ1n) is 7.03. The molecular formula is C16H19N3O3. The topological polar surface area (TPSA) is 84.1 Å². The fourth-order valence-electron chi connectivity index (χ4n) is 2.01. The van der Waals surface area contributed by atoms with Gasteiger partial charge in [-0.2, -0.15) is 4.98 Å². The number of hydrogen-bond acceptors (Lipinski definition) is 4. The Hall–Kier alpha value is -2.63. The van der Waals surface area contributed by atoms with E-state index in [1.165, 1.54) is 0 Å². The standard InChI is InChI=1S/C16H19N3O3/c1-11-9-18-16(21)19-14(11)7-8-15(20)17-10-12-3-5-13(22-2)6-4-12/h3-6,9H,7-8,10H2,1-2H3,(H,17,20)(H,18,19,21). The molecule has 6 nitrogen and oxygen atoms in total. The van der Waals surface area contributed by atoms with Crippen LogP contribution >= 0.6 is 0 Å². The second kappa shape index (κ2) is 7.40. The van der Waals surface area contributed by atoms with Gasteiger partial charge in [-0.1, -0.05) is 12.1 Å². The van der Waals surface area contributed by atoms with Crippen LogP contribution in [-0.4, -0.2) is 23.0 Å². The number of aromatic amines is 1. The molecule has 116 valence electrons. The lowest BCUT2D eigenvalue weighted by molar-refractivity contribution is -0.121. The summed E-state index contributed by atoms with van der Waals surface area (Å²) in [5.74, 6) is 0.711. The van der Waals surface area contributed by atoms with Crippen molar-refractivity contribution in [2.45, 2.75) is 26.3 Å². The summed E-state index contributed by atoms with van der Waals surface area (Å²) in [4.78, 5) is 29.4. The van der Waals surface area contributed by atoms with Gasteiger partial charge < -0.3 is 15.0 Å². The Balaban J connectivity index is 1.82. The number of aryl methyl sites for hydroxylation is 2. The number of amides is 1. The van der Waals surface area contributed by atoms with Crippen LogP contribution in [0.25, 0.3) is 0 Å². The molecule has 1 amide bonds. The van der Waals surface area contributed by atoms with Crippen molar-refractivity contribution in [1.82, 2.24) is 15.3 Å². The largest absolute Gasteiger partial charge is 0.497 e. The molecule has 0 spiro atoms. The van der Waals surface area contributed by atoms with Gasteiger partial charge in [0.25, 0.3) is 0 Å². The van der Waals surface area contributed by atoms with E-state index < -0.39 is 0 Å². The molecule has 2 N–H and O–H groups in total. The molecule has 1 aromatic heterocycles. The molecule has 22 heavy (non-hydrogen) atoms. The van der Waals surface area contributed by atoms with E-state index in [1.54, 1.807) is 13.3 Å². The van der Waals surface area contributed by atoms with Crippen LogP contribution in [0.2, 0.25) is 0 Å². The van der Waals surface area contributed by atoms with E-state index in [2.05, 4.69) is 15.3 Å². The van der Waals surface area contributed by atoms with Crippen LogP contribution in [0.4, 0.5) is 0 Å². The van der Waals surface area contributed by atoms with Gasteiger partial charge in [0, 0.05) is 19.2 Å². The number of H-pyrrole nitrogens is 1. The van der Waals surface area contributed by atoms with Gasteiger partial charge >= 0.3 is 5.69 Å². The van der Waals surface area contributed by atoms with Crippen LogP contribution < -0.4 is 15.7 Å². The lowest BCUT2D eigenvalue weighted by Crippen LogP contribution is -2.23. The fourth-order valence-corrected chi connectivity index (χ4v) is 2.01. The zero-order valence-electron chi connectivity index (χ0n) is 12.7. The highest BCUT2D eigenvalue weighted by Gasteiger charge is 2.06. The summed E-state index contributed by atoms with van der Waals surface area (Å²) in [5.41, 5.74) is 2.14. The average molecular weight is 301 g/mol. The first-order chi connectivity index (χ1) is 10.6. The van der Waals surface area contributed by atoms with Crippen molar-refractivity contribution in [2.24, 2.45) is 0 Å². The third kappa shape index (κ3) is 4.44. The van der Waals surface area contributed by atoms with Gasteiger partial charge in [0.1, 0.15) is 5.75 Å². The van der Waals surface area contributed by atoms with E-state index >= 15 is 0 Å². The van der Waals surface area contributed by atoms with Gasteiger partial charge in [0.15, 0.2) is 0 Å². The predicted octanol–water partition coefficient (Wildman–Crippen LogP) is 1.34. The number of benzene rings is 1. The quantitative estimate of drug-likeness (QED) is 0.843. The van der Waals surface area contributed by atoms with Gasteiger partial charge in [-0.25, -0.2) is 4.79 Å². The highest BCUT2D eigenvalue weighted by molar-refractivity contribution is 5.76. The molecule has 0 saturated heterocycles. The minimum Gasteiger partial charge on any atom is -0.497 e. The zero-order chi connectivity index (χ0) is 15.9. The molecule has 0 saturated carbocycles. The fraction of sp³-hybridized carbons (Fsp3) is 0.312. The molecule has 2 rings (SSSR count). The molecule has 0 aliphatic heterocycles. The third-order valence-electron chi connectivity index (χ3n) is 3.34. The summed E-state index contributed by atoms with van der Waals surface area (Å²) >= 11 is 0. The van der Waals surface area contributed by atoms with Crippen LogP contribution in [0, 0.1) is 6.92 Å². The molecule has 0 aliphatic rings. The van der Waals surface area contributed by atoms with Crippen LogP contribution in [0.3, 0.4) is 0 Å². The van der Waals surface area contributed by atoms with Gasteiger partial charge in [-0.3, -0.25) is 4.79 Å². The SMILES string of the molecule is COc1ccc(CNC(=O)CCc2nc(=O)[nH]cc2C)cc1. The number of carbonyl (C=O) groups is 1. The first-order valence-corrected chi connectivity index (χ1v) is 7.03. The van der Waals surface area contributed by atoms with Crippen LogP contribution in [0.1, 0.15) is 23.2 Å².